The molecule has 2 aromatic carbocycles. The molecule has 0 fully saturated rings. The molecule has 0 saturated heterocycles. The number of hydrogen-bond donors (Lipinski definition) is 4. The Labute approximate surface area is 272 Å². The first-order chi connectivity index (χ1) is 21.8. The average Bonchev–Trinajstić information content (AvgIpc) is 2.97. The van der Waals surface area contributed by atoms with Gasteiger partial charge in [0, 0.05) is 23.0 Å². The fourth-order valence-corrected chi connectivity index (χ4v) is 7.01. The number of hydrogen-bond acceptors (Lipinski definition) is 7. The minimum absolute atomic E-state index is 0.0557. The van der Waals surface area contributed by atoms with Crippen LogP contribution in [-0.4, -0.2) is 38.7 Å². The van der Waals surface area contributed by atoms with Crippen LogP contribution >= 0.6 is 0 Å². The van der Waals surface area contributed by atoms with Crippen molar-refractivity contribution < 1.29 is 35.2 Å². The molecule has 2 aliphatic rings. The van der Waals surface area contributed by atoms with E-state index in [2.05, 4.69) is 39.2 Å². The second kappa shape index (κ2) is 15.4. The molecule has 248 valence electrons. The van der Waals surface area contributed by atoms with Crippen LogP contribution in [0, 0.1) is 16.7 Å². The van der Waals surface area contributed by atoms with E-state index in [4.69, 9.17) is 9.68 Å². The van der Waals surface area contributed by atoms with Crippen LogP contribution < -0.4 is 0 Å². The zero-order chi connectivity index (χ0) is 33.5. The number of phenols is 4. The topological polar surface area (TPSA) is 119 Å². The highest BCUT2D eigenvalue weighted by Gasteiger charge is 2.31. The third kappa shape index (κ3) is 8.53. The number of allylic oxidation sites excluding steroid dienone is 6. The molecule has 0 aliphatic heterocycles. The van der Waals surface area contributed by atoms with Crippen LogP contribution in [0.15, 0.2) is 71.9 Å². The predicted octanol–water partition coefficient (Wildman–Crippen LogP) is 8.75. The van der Waals surface area contributed by atoms with Crippen molar-refractivity contribution in [2.24, 2.45) is 11.8 Å². The van der Waals surface area contributed by atoms with Crippen LogP contribution in [0.4, 0.5) is 0 Å². The van der Waals surface area contributed by atoms with E-state index >= 15 is 0 Å². The highest BCUT2D eigenvalue weighted by molar-refractivity contribution is 5.53. The van der Waals surface area contributed by atoms with Crippen molar-refractivity contribution >= 4 is 0 Å². The van der Waals surface area contributed by atoms with Gasteiger partial charge in [0.25, 0.3) is 0 Å². The lowest BCUT2D eigenvalue weighted by molar-refractivity contribution is -0.981. The number of nitrogens with zero attached hydrogens (tertiary/aromatic N) is 1. The summed E-state index contributed by atoms with van der Waals surface area (Å²) in [5.41, 5.74) is 7.08. The zero-order valence-corrected chi connectivity index (χ0v) is 27.7. The molecular formula is C38H50NO7+. The van der Waals surface area contributed by atoms with Crippen molar-refractivity contribution in [3.05, 3.63) is 99.0 Å². The summed E-state index contributed by atoms with van der Waals surface area (Å²) < 4.78 is 0. The number of aryl methyl sites for hydroxylation is 2. The maximum Gasteiger partial charge on any atom is 0.477 e. The Morgan fingerprint density at radius 2 is 1.07 bits per heavy atom. The molecule has 2 aliphatic carbocycles. The Morgan fingerprint density at radius 1 is 0.717 bits per heavy atom. The molecule has 4 rings (SSSR count). The third-order valence-corrected chi connectivity index (χ3v) is 9.43. The number of aromatic hydroxyl groups is 4. The van der Waals surface area contributed by atoms with Gasteiger partial charge in [0.2, 0.25) is 0 Å². The first kappa shape index (κ1) is 34.7. The molecule has 0 amide bonds. The van der Waals surface area contributed by atoms with Crippen LogP contribution in [0.25, 0.3) is 0 Å². The Bertz CT molecular complexity index is 1360. The lowest BCUT2D eigenvalue weighted by Gasteiger charge is -2.31. The first-order valence-corrected chi connectivity index (χ1v) is 16.3. The molecule has 0 bridgehead atoms. The molecule has 46 heavy (non-hydrogen) atoms. The maximum absolute atomic E-state index is 12.0. The number of rotatable bonds is 14. The molecule has 4 atom stereocenters. The number of phenolic OH excluding ortho intramolecular Hbond substituents is 4. The van der Waals surface area contributed by atoms with Crippen molar-refractivity contribution in [3.63, 3.8) is 0 Å². The van der Waals surface area contributed by atoms with Gasteiger partial charge in [-0.3, -0.25) is 0 Å². The Kier molecular flexibility index (Phi) is 11.6. The highest BCUT2D eigenvalue weighted by atomic mass is 17.0. The molecule has 0 aromatic heterocycles. The van der Waals surface area contributed by atoms with E-state index < -0.39 is 0 Å². The molecular weight excluding hydrogens is 582 g/mol. The smallest absolute Gasteiger partial charge is 0.477 e. The molecule has 0 radical (unpaired) electrons. The van der Waals surface area contributed by atoms with E-state index in [-0.39, 0.29) is 65.0 Å². The molecule has 0 unspecified atom stereocenters. The van der Waals surface area contributed by atoms with E-state index in [1.54, 1.807) is 24.3 Å². The van der Waals surface area contributed by atoms with Crippen molar-refractivity contribution in [3.8, 4) is 23.0 Å². The molecule has 0 spiro atoms. The van der Waals surface area contributed by atoms with Crippen molar-refractivity contribution in [1.82, 2.24) is 0 Å². The van der Waals surface area contributed by atoms with Crippen LogP contribution in [0.5, 0.6) is 23.0 Å². The van der Waals surface area contributed by atoms with Gasteiger partial charge in [0.05, 0.1) is 0 Å². The number of benzene rings is 2. The molecule has 8 heteroatoms. The average molecular weight is 633 g/mol. The monoisotopic (exact) mass is 632 g/mol. The molecule has 2 aromatic rings. The van der Waals surface area contributed by atoms with Crippen LogP contribution in [0.3, 0.4) is 0 Å². The fourth-order valence-electron chi connectivity index (χ4n) is 7.01. The normalized spacial score (nSPS) is 21.2. The minimum atomic E-state index is -0.122. The molecule has 0 heterocycles. The zero-order valence-electron chi connectivity index (χ0n) is 27.7. The van der Waals surface area contributed by atoms with Gasteiger partial charge in [-0.2, -0.15) is 9.68 Å². The van der Waals surface area contributed by atoms with Crippen LogP contribution in [-0.2, 0) is 22.5 Å². The van der Waals surface area contributed by atoms with Gasteiger partial charge in [0.1, 0.15) is 27.9 Å². The van der Waals surface area contributed by atoms with Gasteiger partial charge < -0.3 is 20.4 Å². The fraction of sp³-hybridized carbons (Fsp3) is 0.474. The van der Waals surface area contributed by atoms with Crippen molar-refractivity contribution in [2.45, 2.75) is 90.9 Å². The van der Waals surface area contributed by atoms with E-state index in [0.717, 1.165) is 48.0 Å². The summed E-state index contributed by atoms with van der Waals surface area (Å²) in [7, 11) is 0. The Balaban J connectivity index is 1.22. The van der Waals surface area contributed by atoms with Gasteiger partial charge in [-0.25, -0.2) is 0 Å². The Hall–Kier alpha value is -4.20. The first-order valence-electron chi connectivity index (χ1n) is 16.3. The lowest BCUT2D eigenvalue weighted by atomic mass is 9.73. The highest BCUT2D eigenvalue weighted by Crippen LogP contribution is 2.48. The largest absolute Gasteiger partial charge is 0.507 e. The summed E-state index contributed by atoms with van der Waals surface area (Å²) >= 11 is 0. The van der Waals surface area contributed by atoms with Gasteiger partial charge in [-0.1, -0.05) is 47.6 Å². The van der Waals surface area contributed by atoms with E-state index in [0.29, 0.717) is 36.8 Å². The van der Waals surface area contributed by atoms with E-state index in [9.17, 15) is 25.3 Å². The van der Waals surface area contributed by atoms with E-state index in [1.807, 2.05) is 13.8 Å². The Morgan fingerprint density at radius 3 is 1.39 bits per heavy atom. The lowest BCUT2D eigenvalue weighted by Crippen LogP contribution is -2.17. The van der Waals surface area contributed by atoms with Gasteiger partial charge in [0.15, 0.2) is 13.2 Å². The summed E-state index contributed by atoms with van der Waals surface area (Å²) in [6.45, 7) is 16.5. The van der Waals surface area contributed by atoms with Gasteiger partial charge in [-0.05, 0) is 126 Å². The van der Waals surface area contributed by atoms with Crippen LogP contribution in [0.2, 0.25) is 0 Å². The van der Waals surface area contributed by atoms with Crippen molar-refractivity contribution in [1.29, 1.82) is 0 Å². The SMILES string of the molecule is C=C(C)[C@H]1CCC(C)=C[C@@H]1c1c(O)cc(CCCO[N+](=O)OCCCc2cc(O)c([C@H]3C=C(C)CC[C@@H]3C(=C)C)c(O)c2)cc1O. The minimum Gasteiger partial charge on any atom is -0.507 e. The second-order valence-corrected chi connectivity index (χ2v) is 13.3. The molecule has 0 saturated carbocycles. The summed E-state index contributed by atoms with van der Waals surface area (Å²) in [6, 6.07) is 6.67. The summed E-state index contributed by atoms with van der Waals surface area (Å²) in [4.78, 5) is 22.3. The predicted molar refractivity (Wildman–Crippen MR) is 180 cm³/mol. The van der Waals surface area contributed by atoms with Crippen molar-refractivity contribution in [2.75, 3.05) is 13.2 Å². The summed E-state index contributed by atoms with van der Waals surface area (Å²) in [6.07, 6.45) is 9.99. The second-order valence-electron chi connectivity index (χ2n) is 13.3. The maximum atomic E-state index is 12.0. The quantitative estimate of drug-likeness (QED) is 0.0934. The van der Waals surface area contributed by atoms with Gasteiger partial charge >= 0.3 is 5.09 Å². The summed E-state index contributed by atoms with van der Waals surface area (Å²) in [5.74, 6) is 0.295. The van der Waals surface area contributed by atoms with E-state index in [1.165, 1.54) is 11.1 Å². The third-order valence-electron chi connectivity index (χ3n) is 9.43. The van der Waals surface area contributed by atoms with Crippen LogP contribution in [0.1, 0.15) is 100 Å². The van der Waals surface area contributed by atoms with Gasteiger partial charge in [-0.15, -0.1) is 0 Å². The standard InChI is InChI=1S/C38H49NO7/c1-23(2)29-13-11-25(5)17-31(29)37-33(40)19-27(20-34(37)41)9-7-15-45-39(44)46-16-8-10-28-21-35(42)38(36(43)22-28)32-18-26(6)12-14-30(32)24(3)4/h17-22,29-32H,1,3,7-16H2,2,4-6H3,(H3-,40,41,42,43)/p+1/t29-,30-,31+,32+/m1/s1. The summed E-state index contributed by atoms with van der Waals surface area (Å²) in [5, 5.41) is 43.5. The molecule has 8 nitrogen and oxygen atoms in total. The molecule has 4 N–H and O–H groups in total.